The smallest absolute Gasteiger partial charge is 0.295 e. The van der Waals surface area contributed by atoms with Gasteiger partial charge in [0.05, 0.1) is 23.1 Å². The number of nitrogens with zero attached hydrogens (tertiary/aromatic N) is 4. The van der Waals surface area contributed by atoms with E-state index in [1.54, 1.807) is 26.0 Å². The van der Waals surface area contributed by atoms with Crippen LogP contribution in [0.4, 0.5) is 0 Å². The summed E-state index contributed by atoms with van der Waals surface area (Å²) in [5.74, 6) is -0.680. The first-order chi connectivity index (χ1) is 13.3. The second kappa shape index (κ2) is 7.93. The summed E-state index contributed by atoms with van der Waals surface area (Å²) >= 11 is 0. The number of ketones is 1. The minimum atomic E-state index is -0.780. The highest BCUT2D eigenvalue weighted by molar-refractivity contribution is 6.46. The van der Waals surface area contributed by atoms with Crippen molar-refractivity contribution in [3.8, 4) is 0 Å². The van der Waals surface area contributed by atoms with Gasteiger partial charge in [0, 0.05) is 12.7 Å². The predicted molar refractivity (Wildman–Crippen MR) is 102 cm³/mol. The lowest BCUT2D eigenvalue weighted by Gasteiger charge is -2.24. The number of rotatable bonds is 6. The fraction of sp³-hybridized carbons (Fsp3) is 0.400. The molecule has 1 N–H and O–H groups in total. The molecule has 3 heterocycles. The Morgan fingerprint density at radius 2 is 2.07 bits per heavy atom. The molecule has 0 aliphatic carbocycles. The number of amides is 1. The van der Waals surface area contributed by atoms with Crippen LogP contribution < -0.4 is 0 Å². The van der Waals surface area contributed by atoms with Gasteiger partial charge in [0.1, 0.15) is 23.4 Å². The number of aryl methyl sites for hydroxylation is 2. The molecule has 0 aromatic carbocycles. The summed E-state index contributed by atoms with van der Waals surface area (Å²) in [5, 5.41) is 10.9. The summed E-state index contributed by atoms with van der Waals surface area (Å²) in [4.78, 5) is 37.3. The van der Waals surface area contributed by atoms with Crippen LogP contribution in [0, 0.1) is 13.8 Å². The number of likely N-dealkylation sites (tertiary alicyclic amines) is 1. The van der Waals surface area contributed by atoms with Crippen LogP contribution in [0.1, 0.15) is 35.3 Å². The average Bonchev–Trinajstić information content (AvgIpc) is 3.23. The molecule has 1 aliphatic rings. The van der Waals surface area contributed by atoms with E-state index >= 15 is 0 Å². The standard InChI is InChI=1S/C20H24N4O4/c1-12-14(11-21-13(2)22-12)18(25)16-17(15-7-5-10-28-15)24(20(27)19(16)26)9-6-8-23(3)4/h5,7,10-11,17,25H,6,8-9H2,1-4H3. The maximum absolute atomic E-state index is 12.8. The van der Waals surface area contributed by atoms with Gasteiger partial charge in [-0.3, -0.25) is 9.59 Å². The van der Waals surface area contributed by atoms with Crippen LogP contribution in [0.15, 0.2) is 34.6 Å². The third-order valence-electron chi connectivity index (χ3n) is 4.71. The van der Waals surface area contributed by atoms with Gasteiger partial charge in [-0.2, -0.15) is 0 Å². The van der Waals surface area contributed by atoms with Gasteiger partial charge < -0.3 is 19.3 Å². The fourth-order valence-corrected chi connectivity index (χ4v) is 3.37. The van der Waals surface area contributed by atoms with E-state index < -0.39 is 17.7 Å². The van der Waals surface area contributed by atoms with Gasteiger partial charge in [0.15, 0.2) is 0 Å². The lowest BCUT2D eigenvalue weighted by Crippen LogP contribution is -2.32. The van der Waals surface area contributed by atoms with Gasteiger partial charge >= 0.3 is 0 Å². The van der Waals surface area contributed by atoms with Crippen molar-refractivity contribution >= 4 is 17.4 Å². The van der Waals surface area contributed by atoms with Gasteiger partial charge in [-0.05, 0) is 53.0 Å². The minimum absolute atomic E-state index is 0.000330. The summed E-state index contributed by atoms with van der Waals surface area (Å²) in [7, 11) is 3.89. The summed E-state index contributed by atoms with van der Waals surface area (Å²) < 4.78 is 5.50. The average molecular weight is 384 g/mol. The van der Waals surface area contributed by atoms with Crippen molar-refractivity contribution in [2.24, 2.45) is 0 Å². The number of aliphatic hydroxyl groups excluding tert-OH is 1. The molecule has 1 amide bonds. The molecule has 8 heteroatoms. The van der Waals surface area contributed by atoms with Crippen LogP contribution in [0.25, 0.3) is 5.76 Å². The van der Waals surface area contributed by atoms with Crippen molar-refractivity contribution < 1.29 is 19.1 Å². The van der Waals surface area contributed by atoms with Crippen molar-refractivity contribution in [1.29, 1.82) is 0 Å². The number of carbonyl (C=O) groups excluding carboxylic acids is 2. The van der Waals surface area contributed by atoms with Crippen LogP contribution in [0.3, 0.4) is 0 Å². The highest BCUT2D eigenvalue weighted by atomic mass is 16.3. The highest BCUT2D eigenvalue weighted by Gasteiger charge is 2.47. The number of aromatic nitrogens is 2. The summed E-state index contributed by atoms with van der Waals surface area (Å²) in [6.07, 6.45) is 3.63. The van der Waals surface area contributed by atoms with Crippen LogP contribution in [0.5, 0.6) is 0 Å². The van der Waals surface area contributed by atoms with E-state index in [0.29, 0.717) is 35.8 Å². The topological polar surface area (TPSA) is 99.8 Å². The molecule has 28 heavy (non-hydrogen) atoms. The molecule has 2 aromatic rings. The van der Waals surface area contributed by atoms with Gasteiger partial charge in [0.25, 0.3) is 11.7 Å². The van der Waals surface area contributed by atoms with Crippen molar-refractivity contribution in [1.82, 2.24) is 19.8 Å². The SMILES string of the molecule is Cc1ncc(C(O)=C2C(=O)C(=O)N(CCCN(C)C)C2c2ccco2)c(C)n1. The van der Waals surface area contributed by atoms with Gasteiger partial charge in [-0.1, -0.05) is 0 Å². The second-order valence-electron chi connectivity index (χ2n) is 7.08. The first kappa shape index (κ1) is 19.8. The summed E-state index contributed by atoms with van der Waals surface area (Å²) in [6.45, 7) is 4.59. The molecule has 2 aromatic heterocycles. The molecule has 1 unspecified atom stereocenters. The number of furan rings is 1. The minimum Gasteiger partial charge on any atom is -0.507 e. The third kappa shape index (κ3) is 3.68. The summed E-state index contributed by atoms with van der Waals surface area (Å²) in [5.41, 5.74) is 0.857. The van der Waals surface area contributed by atoms with E-state index in [1.165, 1.54) is 17.4 Å². The zero-order valence-electron chi connectivity index (χ0n) is 16.5. The fourth-order valence-electron chi connectivity index (χ4n) is 3.37. The molecule has 3 rings (SSSR count). The molecular formula is C20H24N4O4. The molecule has 0 saturated carbocycles. The number of carbonyl (C=O) groups is 2. The Labute approximate surface area is 163 Å². The molecule has 0 radical (unpaired) electrons. The Morgan fingerprint density at radius 3 is 2.68 bits per heavy atom. The Kier molecular flexibility index (Phi) is 5.60. The molecule has 1 aliphatic heterocycles. The maximum atomic E-state index is 12.8. The Morgan fingerprint density at radius 1 is 1.32 bits per heavy atom. The van der Waals surface area contributed by atoms with E-state index in [-0.39, 0.29) is 11.3 Å². The monoisotopic (exact) mass is 384 g/mol. The molecule has 148 valence electrons. The predicted octanol–water partition coefficient (Wildman–Crippen LogP) is 2.06. The highest BCUT2D eigenvalue weighted by Crippen LogP contribution is 2.39. The molecule has 1 saturated heterocycles. The lowest BCUT2D eigenvalue weighted by molar-refractivity contribution is -0.140. The van der Waals surface area contributed by atoms with E-state index in [1.807, 2.05) is 19.0 Å². The molecule has 0 spiro atoms. The van der Waals surface area contributed by atoms with Gasteiger partial charge in [0.2, 0.25) is 0 Å². The molecule has 8 nitrogen and oxygen atoms in total. The van der Waals surface area contributed by atoms with Crippen molar-refractivity contribution in [2.45, 2.75) is 26.3 Å². The van der Waals surface area contributed by atoms with Crippen molar-refractivity contribution in [3.63, 3.8) is 0 Å². The first-order valence-electron chi connectivity index (χ1n) is 9.08. The van der Waals surface area contributed by atoms with Crippen LogP contribution in [0.2, 0.25) is 0 Å². The lowest BCUT2D eigenvalue weighted by atomic mass is 9.99. The number of hydrogen-bond acceptors (Lipinski definition) is 7. The quantitative estimate of drug-likeness (QED) is 0.462. The van der Waals surface area contributed by atoms with Crippen LogP contribution in [-0.4, -0.2) is 63.7 Å². The maximum Gasteiger partial charge on any atom is 0.295 e. The van der Waals surface area contributed by atoms with Gasteiger partial charge in [-0.25, -0.2) is 9.97 Å². The Bertz CT molecular complexity index is 918. The van der Waals surface area contributed by atoms with E-state index in [9.17, 15) is 14.7 Å². The van der Waals surface area contributed by atoms with Crippen molar-refractivity contribution in [3.05, 3.63) is 53.0 Å². The van der Waals surface area contributed by atoms with Crippen LogP contribution >= 0.6 is 0 Å². The molecule has 0 bridgehead atoms. The third-order valence-corrected chi connectivity index (χ3v) is 4.71. The Balaban J connectivity index is 2.07. The second-order valence-corrected chi connectivity index (χ2v) is 7.08. The largest absolute Gasteiger partial charge is 0.507 e. The number of Topliss-reactive ketones (excluding diaryl/α,β-unsaturated/α-hetero) is 1. The summed E-state index contributed by atoms with van der Waals surface area (Å²) in [6, 6.07) is 2.61. The first-order valence-corrected chi connectivity index (χ1v) is 9.08. The van der Waals surface area contributed by atoms with Crippen molar-refractivity contribution in [2.75, 3.05) is 27.2 Å². The zero-order valence-corrected chi connectivity index (χ0v) is 16.5. The van der Waals surface area contributed by atoms with Gasteiger partial charge in [-0.15, -0.1) is 0 Å². The van der Waals surface area contributed by atoms with E-state index in [0.717, 1.165) is 6.54 Å². The number of hydrogen-bond donors (Lipinski definition) is 1. The molecule has 1 atom stereocenters. The molecule has 1 fully saturated rings. The zero-order chi connectivity index (χ0) is 20.4. The van der Waals surface area contributed by atoms with E-state index in [2.05, 4.69) is 9.97 Å². The Hall–Kier alpha value is -3.00. The van der Waals surface area contributed by atoms with Crippen LogP contribution in [-0.2, 0) is 9.59 Å². The van der Waals surface area contributed by atoms with E-state index in [4.69, 9.17) is 4.42 Å². The number of aliphatic hydroxyl groups is 1. The normalized spacial score (nSPS) is 19.0. The molecular weight excluding hydrogens is 360 g/mol.